The predicted octanol–water partition coefficient (Wildman–Crippen LogP) is 5.45. The number of hydrogen-bond acceptors (Lipinski definition) is 2. The lowest BCUT2D eigenvalue weighted by Crippen LogP contribution is -2.46. The normalized spacial score (nSPS) is 14.9. The second-order valence-corrected chi connectivity index (χ2v) is 8.81. The van der Waals surface area contributed by atoms with Gasteiger partial charge in [0.1, 0.15) is 0 Å². The van der Waals surface area contributed by atoms with E-state index < -0.39 is 11.7 Å². The van der Waals surface area contributed by atoms with Crippen molar-refractivity contribution < 1.29 is 18.0 Å². The van der Waals surface area contributed by atoms with Crippen molar-refractivity contribution >= 4 is 40.0 Å². The number of amides is 1. The number of aromatic nitrogens is 1. The molecule has 0 radical (unpaired) electrons. The van der Waals surface area contributed by atoms with Crippen LogP contribution in [-0.2, 0) is 19.6 Å². The number of carbonyl (C=O) groups excluding carboxylic acids is 1. The number of hydrogen-bond donors (Lipinski definition) is 1. The molecule has 4 rings (SSSR count). The van der Waals surface area contributed by atoms with Crippen LogP contribution in [0.5, 0.6) is 0 Å². The molecular formula is C23H22Cl2F3N3O. The van der Waals surface area contributed by atoms with Crippen molar-refractivity contribution in [3.63, 3.8) is 0 Å². The average molecular weight is 484 g/mol. The van der Waals surface area contributed by atoms with Gasteiger partial charge in [0.2, 0.25) is 0 Å². The summed E-state index contributed by atoms with van der Waals surface area (Å²) in [5, 5.41) is 4.62. The maximum Gasteiger partial charge on any atom is 0.416 e. The number of rotatable bonds is 3. The van der Waals surface area contributed by atoms with Crippen molar-refractivity contribution in [2.45, 2.75) is 19.5 Å². The average Bonchev–Trinajstić information content (AvgIpc) is 3.07. The van der Waals surface area contributed by atoms with E-state index >= 15 is 0 Å². The Kier molecular flexibility index (Phi) is 6.18. The summed E-state index contributed by atoms with van der Waals surface area (Å²) in [5.74, 6) is -0.155. The number of fused-ring (bicyclic) bond motifs is 1. The fraction of sp³-hybridized carbons (Fsp3) is 0.348. The van der Waals surface area contributed by atoms with Gasteiger partial charge in [-0.2, -0.15) is 13.2 Å². The lowest BCUT2D eigenvalue weighted by molar-refractivity contribution is -0.137. The highest BCUT2D eigenvalue weighted by molar-refractivity contribution is 6.38. The highest BCUT2D eigenvalue weighted by atomic mass is 35.5. The first-order chi connectivity index (χ1) is 15.1. The molecule has 0 aliphatic carbocycles. The lowest BCUT2D eigenvalue weighted by atomic mass is 10.0. The number of aryl methyl sites for hydroxylation is 2. The predicted molar refractivity (Wildman–Crippen MR) is 121 cm³/mol. The van der Waals surface area contributed by atoms with Crippen molar-refractivity contribution in [3.05, 3.63) is 68.3 Å². The van der Waals surface area contributed by atoms with Crippen LogP contribution >= 0.6 is 23.2 Å². The first kappa shape index (κ1) is 23.0. The van der Waals surface area contributed by atoms with E-state index in [-0.39, 0.29) is 17.4 Å². The van der Waals surface area contributed by atoms with Crippen LogP contribution in [0.3, 0.4) is 0 Å². The molecule has 1 fully saturated rings. The molecule has 0 spiro atoms. The van der Waals surface area contributed by atoms with Crippen molar-refractivity contribution in [3.8, 4) is 0 Å². The van der Waals surface area contributed by atoms with Gasteiger partial charge in [-0.3, -0.25) is 4.79 Å². The van der Waals surface area contributed by atoms with Crippen LogP contribution in [0.2, 0.25) is 10.0 Å². The molecule has 3 aromatic rings. The third-order valence-corrected chi connectivity index (χ3v) is 6.76. The van der Waals surface area contributed by atoms with Crippen LogP contribution in [-0.4, -0.2) is 41.6 Å². The number of nitrogens with one attached hydrogen (secondary N) is 1. The Balaban J connectivity index is 1.73. The quantitative estimate of drug-likeness (QED) is 0.537. The molecule has 1 saturated heterocycles. The van der Waals surface area contributed by atoms with Gasteiger partial charge in [-0.15, -0.1) is 0 Å². The molecular weight excluding hydrogens is 462 g/mol. The molecule has 1 aliphatic rings. The smallest absolute Gasteiger partial charge is 0.347 e. The molecule has 0 unspecified atom stereocenters. The molecule has 1 aliphatic heterocycles. The Hall–Kier alpha value is -2.22. The Morgan fingerprint density at radius 2 is 1.81 bits per heavy atom. The second-order valence-electron chi connectivity index (χ2n) is 8.02. The van der Waals surface area contributed by atoms with Gasteiger partial charge in [0.15, 0.2) is 0 Å². The summed E-state index contributed by atoms with van der Waals surface area (Å²) >= 11 is 13.1. The maximum absolute atomic E-state index is 13.3. The van der Waals surface area contributed by atoms with Crippen LogP contribution in [0.15, 0.2) is 30.3 Å². The highest BCUT2D eigenvalue weighted by Crippen LogP contribution is 2.36. The van der Waals surface area contributed by atoms with Crippen molar-refractivity contribution in [1.82, 2.24) is 14.8 Å². The minimum Gasteiger partial charge on any atom is -0.347 e. The van der Waals surface area contributed by atoms with Crippen LogP contribution < -0.4 is 5.32 Å². The maximum atomic E-state index is 13.3. The van der Waals surface area contributed by atoms with E-state index in [0.717, 1.165) is 36.3 Å². The second kappa shape index (κ2) is 8.61. The molecule has 2 heterocycles. The molecule has 0 bridgehead atoms. The molecule has 170 valence electrons. The molecule has 1 aromatic heterocycles. The van der Waals surface area contributed by atoms with E-state index in [1.54, 1.807) is 35.6 Å². The summed E-state index contributed by atoms with van der Waals surface area (Å²) in [6.07, 6.45) is -4.14. The number of benzene rings is 2. The third kappa shape index (κ3) is 4.21. The molecule has 1 N–H and O–H groups in total. The number of alkyl halides is 3. The summed E-state index contributed by atoms with van der Waals surface area (Å²) < 4.78 is 41.5. The van der Waals surface area contributed by atoms with E-state index in [4.69, 9.17) is 23.2 Å². The van der Waals surface area contributed by atoms with Gasteiger partial charge in [0, 0.05) is 61.3 Å². The number of carbonyl (C=O) groups is 1. The fourth-order valence-electron chi connectivity index (χ4n) is 4.14. The van der Waals surface area contributed by atoms with Gasteiger partial charge in [-0.1, -0.05) is 23.2 Å². The van der Waals surface area contributed by atoms with Gasteiger partial charge >= 0.3 is 6.18 Å². The van der Waals surface area contributed by atoms with Gasteiger partial charge in [0.05, 0.1) is 16.1 Å². The summed E-state index contributed by atoms with van der Waals surface area (Å²) in [7, 11) is 1.72. The van der Waals surface area contributed by atoms with Gasteiger partial charge in [-0.25, -0.2) is 0 Å². The summed E-state index contributed by atoms with van der Waals surface area (Å²) in [4.78, 5) is 14.7. The minimum atomic E-state index is -4.42. The molecule has 0 atom stereocenters. The van der Waals surface area contributed by atoms with Crippen LogP contribution in [0, 0.1) is 6.92 Å². The summed E-state index contributed by atoms with van der Waals surface area (Å²) in [5.41, 5.74) is 2.04. The zero-order valence-corrected chi connectivity index (χ0v) is 19.1. The number of piperazine rings is 1. The fourth-order valence-corrected chi connectivity index (χ4v) is 4.73. The van der Waals surface area contributed by atoms with E-state index in [0.29, 0.717) is 40.3 Å². The molecule has 32 heavy (non-hydrogen) atoms. The zero-order chi connectivity index (χ0) is 23.2. The zero-order valence-electron chi connectivity index (χ0n) is 17.6. The Morgan fingerprint density at radius 1 is 1.12 bits per heavy atom. The first-order valence-electron chi connectivity index (χ1n) is 10.2. The summed E-state index contributed by atoms with van der Waals surface area (Å²) in [6, 6.07) is 7.42. The van der Waals surface area contributed by atoms with E-state index in [1.807, 2.05) is 6.07 Å². The van der Waals surface area contributed by atoms with Crippen LogP contribution in [0.1, 0.15) is 32.7 Å². The molecule has 0 saturated carbocycles. The van der Waals surface area contributed by atoms with Crippen molar-refractivity contribution in [2.24, 2.45) is 7.05 Å². The van der Waals surface area contributed by atoms with Gasteiger partial charge in [0.25, 0.3) is 5.91 Å². The first-order valence-corrected chi connectivity index (χ1v) is 11.0. The van der Waals surface area contributed by atoms with E-state index in [9.17, 15) is 18.0 Å². The standard InChI is InChI=1S/C23H22Cl2F3N3O/c1-13-9-14(23(26,27)28)10-20-17(13)11-15(30(20)2)12-18-19(24)4-3-16(21(18)25)22(32)31-7-5-29-6-8-31/h3-4,9-11,29H,5-8,12H2,1-2H3. The van der Waals surface area contributed by atoms with Gasteiger partial charge < -0.3 is 14.8 Å². The highest BCUT2D eigenvalue weighted by Gasteiger charge is 2.31. The molecule has 4 nitrogen and oxygen atoms in total. The number of halogens is 5. The lowest BCUT2D eigenvalue weighted by Gasteiger charge is -2.28. The van der Waals surface area contributed by atoms with Crippen molar-refractivity contribution in [1.29, 1.82) is 0 Å². The Labute approximate surface area is 193 Å². The van der Waals surface area contributed by atoms with Crippen LogP contribution in [0.4, 0.5) is 13.2 Å². The van der Waals surface area contributed by atoms with E-state index in [1.165, 1.54) is 0 Å². The largest absolute Gasteiger partial charge is 0.416 e. The van der Waals surface area contributed by atoms with E-state index in [2.05, 4.69) is 5.32 Å². The molecule has 9 heteroatoms. The topological polar surface area (TPSA) is 37.3 Å². The SMILES string of the molecule is Cc1cc(C(F)(F)F)cc2c1cc(Cc1c(Cl)ccc(C(=O)N3CCNCC3)c1Cl)n2C. The van der Waals surface area contributed by atoms with Gasteiger partial charge in [-0.05, 0) is 48.4 Å². The Morgan fingerprint density at radius 3 is 2.47 bits per heavy atom. The summed E-state index contributed by atoms with van der Waals surface area (Å²) in [6.45, 7) is 4.29. The third-order valence-electron chi connectivity index (χ3n) is 5.97. The monoisotopic (exact) mass is 483 g/mol. The number of nitrogens with zero attached hydrogens (tertiary/aromatic N) is 2. The molecule has 2 aromatic carbocycles. The Bertz CT molecular complexity index is 1200. The molecule has 1 amide bonds. The van der Waals surface area contributed by atoms with Crippen LogP contribution in [0.25, 0.3) is 10.9 Å². The minimum absolute atomic E-state index is 0.155. The van der Waals surface area contributed by atoms with Crippen molar-refractivity contribution in [2.75, 3.05) is 26.2 Å².